The fraction of sp³-hybridized carbons (Fsp3) is 0.0909. The highest BCUT2D eigenvalue weighted by molar-refractivity contribution is 7.99. The lowest BCUT2D eigenvalue weighted by molar-refractivity contribution is 0.604. The zero-order valence-electron chi connectivity index (χ0n) is 15.4. The molecule has 0 aliphatic heterocycles. The Morgan fingerprint density at radius 2 is 1.32 bits per heavy atom. The largest absolute Gasteiger partial charge is 0.249 e. The van der Waals surface area contributed by atoms with E-state index in [1.807, 2.05) is 26.0 Å². The van der Waals surface area contributed by atoms with Crippen LogP contribution in [0.15, 0.2) is 88.0 Å². The zero-order chi connectivity index (χ0) is 20.3. The van der Waals surface area contributed by atoms with Crippen LogP contribution in [0.5, 0.6) is 0 Å². The van der Waals surface area contributed by atoms with Gasteiger partial charge in [0.05, 0.1) is 26.0 Å². The van der Waals surface area contributed by atoms with Crippen molar-refractivity contribution in [1.82, 2.24) is 0 Å². The first-order valence-electron chi connectivity index (χ1n) is 8.54. The van der Waals surface area contributed by atoms with Gasteiger partial charge < -0.3 is 0 Å². The van der Waals surface area contributed by atoms with Crippen LogP contribution in [-0.4, -0.2) is 12.6 Å². The van der Waals surface area contributed by atoms with E-state index in [0.717, 1.165) is 16.5 Å². The van der Waals surface area contributed by atoms with Gasteiger partial charge in [0.2, 0.25) is 9.84 Å². The fourth-order valence-electron chi connectivity index (χ4n) is 2.56. The van der Waals surface area contributed by atoms with Gasteiger partial charge in [-0.3, -0.25) is 0 Å². The van der Waals surface area contributed by atoms with E-state index in [1.165, 1.54) is 36.4 Å². The summed E-state index contributed by atoms with van der Waals surface area (Å²) in [6, 6.07) is 18.7. The standard InChI is InChI=1S/C22H19FO3S2/c1-16-3-11-20(12-4-16)27(24)22(18-7-9-19(23)10-8-18)15-28(25,26)21-13-5-17(2)6-14-21/h3-15H,1-2H3/b22-15+. The molecule has 3 aromatic rings. The lowest BCUT2D eigenvalue weighted by atomic mass is 10.2. The van der Waals surface area contributed by atoms with Gasteiger partial charge in [0.1, 0.15) is 5.82 Å². The SMILES string of the molecule is Cc1ccc(S(=O)/C(=C/S(=O)(=O)c2ccc(C)cc2)c2ccc(F)cc2)cc1. The Kier molecular flexibility index (Phi) is 5.91. The van der Waals surface area contributed by atoms with Crippen molar-refractivity contribution < 1.29 is 17.0 Å². The molecule has 0 bridgehead atoms. The average Bonchev–Trinajstić information content (AvgIpc) is 2.67. The summed E-state index contributed by atoms with van der Waals surface area (Å²) >= 11 is 0. The average molecular weight is 415 g/mol. The van der Waals surface area contributed by atoms with Gasteiger partial charge in [-0.15, -0.1) is 0 Å². The number of sulfone groups is 1. The van der Waals surface area contributed by atoms with Gasteiger partial charge in [0.15, 0.2) is 0 Å². The van der Waals surface area contributed by atoms with Gasteiger partial charge >= 0.3 is 0 Å². The van der Waals surface area contributed by atoms with Crippen molar-refractivity contribution in [3.05, 3.63) is 101 Å². The quantitative estimate of drug-likeness (QED) is 0.589. The van der Waals surface area contributed by atoms with E-state index in [1.54, 1.807) is 24.3 Å². The number of halogens is 1. The van der Waals surface area contributed by atoms with Gasteiger partial charge in [-0.2, -0.15) is 0 Å². The van der Waals surface area contributed by atoms with Gasteiger partial charge in [-0.1, -0.05) is 47.5 Å². The van der Waals surface area contributed by atoms with Crippen LogP contribution in [0, 0.1) is 19.7 Å². The van der Waals surface area contributed by atoms with Gasteiger partial charge in [0.25, 0.3) is 0 Å². The van der Waals surface area contributed by atoms with Crippen molar-refractivity contribution in [3.63, 3.8) is 0 Å². The third kappa shape index (κ3) is 4.64. The number of benzene rings is 3. The Balaban J connectivity index is 2.13. The first-order valence-corrected chi connectivity index (χ1v) is 11.2. The lowest BCUT2D eigenvalue weighted by Crippen LogP contribution is -2.03. The first-order chi connectivity index (χ1) is 13.3. The topological polar surface area (TPSA) is 51.2 Å². The Labute approximate surface area is 166 Å². The van der Waals surface area contributed by atoms with Crippen LogP contribution >= 0.6 is 0 Å². The second kappa shape index (κ2) is 8.20. The normalized spacial score (nSPS) is 13.3. The minimum Gasteiger partial charge on any atom is -0.249 e. The Morgan fingerprint density at radius 3 is 1.86 bits per heavy atom. The molecule has 0 saturated carbocycles. The van der Waals surface area contributed by atoms with E-state index in [4.69, 9.17) is 0 Å². The molecule has 0 aliphatic carbocycles. The summed E-state index contributed by atoms with van der Waals surface area (Å²) in [5.41, 5.74) is 2.32. The fourth-order valence-corrected chi connectivity index (χ4v) is 5.35. The third-order valence-corrected chi connectivity index (χ3v) is 7.25. The van der Waals surface area contributed by atoms with Crippen molar-refractivity contribution in [2.24, 2.45) is 0 Å². The summed E-state index contributed by atoms with van der Waals surface area (Å²) in [6.07, 6.45) is 0. The first kappa shape index (κ1) is 20.2. The Hall–Kier alpha value is -2.57. The molecule has 3 rings (SSSR count). The predicted molar refractivity (Wildman–Crippen MR) is 110 cm³/mol. The van der Waals surface area contributed by atoms with Crippen LogP contribution in [0.1, 0.15) is 16.7 Å². The molecular formula is C22H19FO3S2. The number of aryl methyl sites for hydroxylation is 2. The van der Waals surface area contributed by atoms with Gasteiger partial charge in [-0.25, -0.2) is 17.0 Å². The molecule has 0 radical (unpaired) electrons. The highest BCUT2D eigenvalue weighted by Crippen LogP contribution is 2.28. The minimum absolute atomic E-state index is 0.101. The molecule has 1 atom stereocenters. The van der Waals surface area contributed by atoms with Gasteiger partial charge in [0, 0.05) is 4.90 Å². The van der Waals surface area contributed by atoms with Crippen LogP contribution in [-0.2, 0) is 20.6 Å². The van der Waals surface area contributed by atoms with E-state index < -0.39 is 26.5 Å². The summed E-state index contributed by atoms with van der Waals surface area (Å²) in [6.45, 7) is 3.77. The molecule has 0 fully saturated rings. The summed E-state index contributed by atoms with van der Waals surface area (Å²) in [5, 5.41) is 1.01. The number of hydrogen-bond donors (Lipinski definition) is 0. The second-order valence-corrected chi connectivity index (χ2v) is 9.67. The summed E-state index contributed by atoms with van der Waals surface area (Å²) in [4.78, 5) is 0.684. The van der Waals surface area contributed by atoms with Crippen LogP contribution in [0.25, 0.3) is 4.91 Å². The Bertz CT molecular complexity index is 1130. The molecule has 0 aromatic heterocycles. The van der Waals surface area contributed by atoms with Crippen LogP contribution in [0.2, 0.25) is 0 Å². The van der Waals surface area contributed by atoms with Crippen LogP contribution < -0.4 is 0 Å². The van der Waals surface area contributed by atoms with Crippen molar-refractivity contribution in [3.8, 4) is 0 Å². The zero-order valence-corrected chi connectivity index (χ0v) is 17.1. The molecule has 0 saturated heterocycles. The summed E-state index contributed by atoms with van der Waals surface area (Å²) in [5.74, 6) is -0.453. The van der Waals surface area contributed by atoms with Crippen molar-refractivity contribution >= 4 is 25.5 Å². The van der Waals surface area contributed by atoms with Crippen LogP contribution in [0.3, 0.4) is 0 Å². The molecule has 0 N–H and O–H groups in total. The highest BCUT2D eigenvalue weighted by Gasteiger charge is 2.19. The number of rotatable bonds is 5. The van der Waals surface area contributed by atoms with E-state index in [0.29, 0.717) is 10.5 Å². The monoisotopic (exact) mass is 414 g/mol. The highest BCUT2D eigenvalue weighted by atomic mass is 32.2. The number of hydrogen-bond acceptors (Lipinski definition) is 3. The predicted octanol–water partition coefficient (Wildman–Crippen LogP) is 5.02. The minimum atomic E-state index is -3.84. The maximum absolute atomic E-state index is 13.3. The van der Waals surface area contributed by atoms with Gasteiger partial charge in [-0.05, 0) is 55.8 Å². The van der Waals surface area contributed by atoms with Crippen molar-refractivity contribution in [2.75, 3.05) is 0 Å². The van der Waals surface area contributed by atoms with Crippen molar-refractivity contribution in [1.29, 1.82) is 0 Å². The van der Waals surface area contributed by atoms with Crippen LogP contribution in [0.4, 0.5) is 4.39 Å². The molecule has 28 heavy (non-hydrogen) atoms. The molecule has 1 unspecified atom stereocenters. The maximum Gasteiger partial charge on any atom is 0.201 e. The summed E-state index contributed by atoms with van der Waals surface area (Å²) < 4.78 is 52.3. The Morgan fingerprint density at radius 1 is 0.821 bits per heavy atom. The summed E-state index contributed by atoms with van der Waals surface area (Å²) in [7, 11) is -5.60. The smallest absolute Gasteiger partial charge is 0.201 e. The maximum atomic E-state index is 13.3. The molecule has 3 aromatic carbocycles. The molecule has 6 heteroatoms. The molecule has 144 valence electrons. The van der Waals surface area contributed by atoms with E-state index in [9.17, 15) is 17.0 Å². The molecule has 0 heterocycles. The second-order valence-electron chi connectivity index (χ2n) is 6.43. The molecule has 0 amide bonds. The lowest BCUT2D eigenvalue weighted by Gasteiger charge is -2.10. The molecule has 0 spiro atoms. The molecule has 3 nitrogen and oxygen atoms in total. The van der Waals surface area contributed by atoms with E-state index in [-0.39, 0.29) is 9.80 Å². The molecule has 0 aliphatic rings. The van der Waals surface area contributed by atoms with E-state index in [2.05, 4.69) is 0 Å². The molecular weight excluding hydrogens is 395 g/mol. The van der Waals surface area contributed by atoms with Crippen molar-refractivity contribution in [2.45, 2.75) is 23.6 Å². The van der Waals surface area contributed by atoms with E-state index >= 15 is 0 Å². The third-order valence-electron chi connectivity index (χ3n) is 4.18.